The summed E-state index contributed by atoms with van der Waals surface area (Å²) in [6, 6.07) is 0. The summed E-state index contributed by atoms with van der Waals surface area (Å²) in [5.74, 6) is 0.903. The van der Waals surface area contributed by atoms with Gasteiger partial charge in [-0.25, -0.2) is 0 Å². The zero-order valence-corrected chi connectivity index (χ0v) is 4.88. The summed E-state index contributed by atoms with van der Waals surface area (Å²) in [6.45, 7) is 2.08. The van der Waals surface area contributed by atoms with Gasteiger partial charge in [0.05, 0.1) is 0 Å². The van der Waals surface area contributed by atoms with Crippen LogP contribution in [0.25, 0.3) is 0 Å². The van der Waals surface area contributed by atoms with Crippen molar-refractivity contribution in [2.75, 3.05) is 5.75 Å². The molecule has 36 valence electrons. The first kappa shape index (κ1) is 9.30. The molecule has 0 aromatic heterocycles. The summed E-state index contributed by atoms with van der Waals surface area (Å²) in [5, 5.41) is 0. The molecule has 0 amide bonds. The van der Waals surface area contributed by atoms with Crippen LogP contribution in [0.2, 0.25) is 0 Å². The summed E-state index contributed by atoms with van der Waals surface area (Å²) in [5.41, 5.74) is 0. The predicted molar refractivity (Wildman–Crippen MR) is 22.5 cm³/mol. The van der Waals surface area contributed by atoms with Gasteiger partial charge in [-0.1, -0.05) is 13.3 Å². The molecule has 0 unspecified atom stereocenters. The Labute approximate surface area is 49.2 Å². The van der Waals surface area contributed by atoms with E-state index in [0.717, 1.165) is 12.2 Å². The Morgan fingerprint density at radius 3 is 1.80 bits per heavy atom. The third-order valence-corrected chi connectivity index (χ3v) is 0.612. The third-order valence-electron chi connectivity index (χ3n) is 0.204. The standard InChI is InChI=1S/C3H8S.Cu/c1-2-3-4;/h4H,2-3H2,1H3;/q;+1/p-1. The molecule has 0 saturated heterocycles. The molecule has 0 aliphatic rings. The molecule has 0 radical (unpaired) electrons. The fraction of sp³-hybridized carbons (Fsp3) is 1.00. The monoisotopic (exact) mass is 138 g/mol. The van der Waals surface area contributed by atoms with Gasteiger partial charge in [0.2, 0.25) is 0 Å². The van der Waals surface area contributed by atoms with Crippen molar-refractivity contribution in [2.24, 2.45) is 0 Å². The van der Waals surface area contributed by atoms with Gasteiger partial charge in [-0.05, 0) is 0 Å². The molecule has 0 N–H and O–H groups in total. The first-order valence-electron chi connectivity index (χ1n) is 1.50. The van der Waals surface area contributed by atoms with Crippen molar-refractivity contribution in [3.8, 4) is 0 Å². The van der Waals surface area contributed by atoms with E-state index in [-0.39, 0.29) is 17.1 Å². The molecule has 0 aromatic rings. The van der Waals surface area contributed by atoms with Crippen LogP contribution in [0.15, 0.2) is 0 Å². The van der Waals surface area contributed by atoms with Crippen LogP contribution < -0.4 is 0 Å². The van der Waals surface area contributed by atoms with Gasteiger partial charge in [0.25, 0.3) is 0 Å². The van der Waals surface area contributed by atoms with Gasteiger partial charge >= 0.3 is 17.1 Å². The molecule has 0 spiro atoms. The second-order valence-corrected chi connectivity index (χ2v) is 1.11. The van der Waals surface area contributed by atoms with Crippen molar-refractivity contribution in [1.82, 2.24) is 0 Å². The Balaban J connectivity index is 0. The van der Waals surface area contributed by atoms with Crippen LogP contribution in [0.1, 0.15) is 13.3 Å². The van der Waals surface area contributed by atoms with Crippen LogP contribution in [-0.4, -0.2) is 5.75 Å². The zero-order valence-electron chi connectivity index (χ0n) is 3.12. The van der Waals surface area contributed by atoms with Crippen molar-refractivity contribution in [1.29, 1.82) is 0 Å². The molecule has 0 saturated carbocycles. The second kappa shape index (κ2) is 8.85. The smallest absolute Gasteiger partial charge is 0.793 e. The van der Waals surface area contributed by atoms with Crippen LogP contribution in [0.3, 0.4) is 0 Å². The van der Waals surface area contributed by atoms with E-state index in [9.17, 15) is 0 Å². The molecular formula is C3H7CuS. The maximum atomic E-state index is 4.55. The summed E-state index contributed by atoms with van der Waals surface area (Å²) in [6.07, 6.45) is 1.13. The van der Waals surface area contributed by atoms with Crippen LogP contribution in [-0.2, 0) is 29.7 Å². The molecule has 0 aliphatic carbocycles. The van der Waals surface area contributed by atoms with Crippen LogP contribution in [0, 0.1) is 0 Å². The molecular weight excluding hydrogens is 132 g/mol. The Morgan fingerprint density at radius 1 is 1.60 bits per heavy atom. The molecule has 0 aromatic carbocycles. The topological polar surface area (TPSA) is 0 Å². The summed E-state index contributed by atoms with van der Waals surface area (Å²) in [7, 11) is 0. The van der Waals surface area contributed by atoms with E-state index in [1.54, 1.807) is 0 Å². The summed E-state index contributed by atoms with van der Waals surface area (Å²) in [4.78, 5) is 0. The van der Waals surface area contributed by atoms with Crippen LogP contribution in [0.5, 0.6) is 0 Å². The molecule has 0 aliphatic heterocycles. The van der Waals surface area contributed by atoms with Crippen molar-refractivity contribution in [2.45, 2.75) is 13.3 Å². The predicted octanol–water partition coefficient (Wildman–Crippen LogP) is 0.941. The SMILES string of the molecule is CCC[S-].[Cu+]. The average Bonchev–Trinajstić information content (AvgIpc) is 1.37. The quantitative estimate of drug-likeness (QED) is 0.384. The van der Waals surface area contributed by atoms with Crippen molar-refractivity contribution in [3.05, 3.63) is 0 Å². The molecule has 0 heterocycles. The first-order valence-corrected chi connectivity index (χ1v) is 2.07. The fourth-order valence-corrected chi connectivity index (χ4v) is 0. The number of hydrogen-bond acceptors (Lipinski definition) is 1. The van der Waals surface area contributed by atoms with Gasteiger partial charge in [0.15, 0.2) is 0 Å². The van der Waals surface area contributed by atoms with Crippen molar-refractivity contribution < 1.29 is 17.1 Å². The van der Waals surface area contributed by atoms with Crippen LogP contribution in [0.4, 0.5) is 0 Å². The van der Waals surface area contributed by atoms with E-state index in [2.05, 4.69) is 19.6 Å². The van der Waals surface area contributed by atoms with E-state index in [1.807, 2.05) is 0 Å². The minimum atomic E-state index is 0. The maximum absolute atomic E-state index is 4.55. The summed E-state index contributed by atoms with van der Waals surface area (Å²) < 4.78 is 0. The Bertz CT molecular complexity index is 8.85. The van der Waals surface area contributed by atoms with Gasteiger partial charge < -0.3 is 12.6 Å². The van der Waals surface area contributed by atoms with E-state index in [4.69, 9.17) is 0 Å². The zero-order chi connectivity index (χ0) is 3.41. The molecule has 5 heavy (non-hydrogen) atoms. The van der Waals surface area contributed by atoms with Gasteiger partial charge in [0, 0.05) is 0 Å². The first-order chi connectivity index (χ1) is 1.91. The Hall–Kier alpha value is 0.869. The minimum Gasteiger partial charge on any atom is -0.793 e. The molecule has 0 bridgehead atoms. The van der Waals surface area contributed by atoms with Crippen molar-refractivity contribution in [3.63, 3.8) is 0 Å². The van der Waals surface area contributed by atoms with Gasteiger partial charge in [-0.15, -0.1) is 0 Å². The fourth-order valence-electron chi connectivity index (χ4n) is 0. The summed E-state index contributed by atoms with van der Waals surface area (Å²) >= 11 is 4.55. The Morgan fingerprint density at radius 2 is 1.80 bits per heavy atom. The van der Waals surface area contributed by atoms with Crippen LogP contribution >= 0.6 is 0 Å². The maximum Gasteiger partial charge on any atom is 1.00 e. The van der Waals surface area contributed by atoms with E-state index < -0.39 is 0 Å². The second-order valence-electron chi connectivity index (χ2n) is 0.704. The van der Waals surface area contributed by atoms with Gasteiger partial charge in [-0.2, -0.15) is 5.75 Å². The molecule has 0 fully saturated rings. The number of hydrogen-bond donors (Lipinski definition) is 0. The third kappa shape index (κ3) is 11.5. The Kier molecular flexibility index (Phi) is 16.5. The van der Waals surface area contributed by atoms with Gasteiger partial charge in [0.1, 0.15) is 0 Å². The largest absolute Gasteiger partial charge is 1.00 e. The molecule has 0 nitrogen and oxygen atoms in total. The molecule has 0 rings (SSSR count). The van der Waals surface area contributed by atoms with E-state index >= 15 is 0 Å². The molecule has 0 atom stereocenters. The van der Waals surface area contributed by atoms with E-state index in [1.165, 1.54) is 0 Å². The normalized spacial score (nSPS) is 6.00. The van der Waals surface area contributed by atoms with Gasteiger partial charge in [-0.3, -0.25) is 0 Å². The van der Waals surface area contributed by atoms with E-state index in [0.29, 0.717) is 0 Å². The number of rotatable bonds is 1. The molecule has 2 heteroatoms. The minimum absolute atomic E-state index is 0. The van der Waals surface area contributed by atoms with Crippen molar-refractivity contribution >= 4 is 12.6 Å². The average molecular weight is 139 g/mol.